The predicted octanol–water partition coefficient (Wildman–Crippen LogP) is 14.4. The molecule has 0 atom stereocenters. The van der Waals surface area contributed by atoms with E-state index in [1.165, 1.54) is 127 Å². The molecule has 0 heterocycles. The van der Waals surface area contributed by atoms with E-state index in [4.69, 9.17) is 0 Å². The molecule has 0 spiro atoms. The van der Waals surface area contributed by atoms with Crippen molar-refractivity contribution in [1.82, 2.24) is 0 Å². The summed E-state index contributed by atoms with van der Waals surface area (Å²) in [5.41, 5.74) is 13.7. The number of hydrogen-bond acceptors (Lipinski definition) is 2. The Balaban J connectivity index is 1.13. The molecule has 0 N–H and O–H groups in total. The zero-order valence-electron chi connectivity index (χ0n) is 35.3. The molecule has 10 rings (SSSR count). The molecule has 8 aromatic rings. The van der Waals surface area contributed by atoms with E-state index in [2.05, 4.69) is 178 Å². The normalized spacial score (nSPS) is 14.5. The molecule has 0 aliphatic heterocycles. The fourth-order valence-electron chi connectivity index (χ4n) is 10.1. The number of benzene rings is 8. The van der Waals surface area contributed by atoms with E-state index >= 15 is 0 Å². The van der Waals surface area contributed by atoms with Crippen LogP contribution in [0.3, 0.4) is 0 Å². The first-order valence-corrected chi connectivity index (χ1v) is 36.5. The van der Waals surface area contributed by atoms with Gasteiger partial charge < -0.3 is 0 Å². The van der Waals surface area contributed by atoms with Gasteiger partial charge in [-0.3, -0.25) is 0 Å². The van der Waals surface area contributed by atoms with Gasteiger partial charge in [-0.15, -0.1) is 0 Å². The summed E-state index contributed by atoms with van der Waals surface area (Å²) in [6.07, 6.45) is 9.69. The van der Waals surface area contributed by atoms with Crippen LogP contribution in [0.4, 0.5) is 34.1 Å². The van der Waals surface area contributed by atoms with Crippen LogP contribution in [0.1, 0.15) is 47.9 Å². The molecule has 0 saturated heterocycles. The summed E-state index contributed by atoms with van der Waals surface area (Å²) in [4.78, 5) is 5.12. The Morgan fingerprint density at radius 1 is 0.362 bits per heavy atom. The number of anilines is 6. The van der Waals surface area contributed by atoms with Crippen molar-refractivity contribution >= 4 is 102 Å². The van der Waals surface area contributed by atoms with Gasteiger partial charge in [-0.05, 0) is 0 Å². The van der Waals surface area contributed by atoms with Crippen molar-refractivity contribution in [3.05, 3.63) is 156 Å². The Morgan fingerprint density at radius 2 is 0.707 bits per heavy atom. The summed E-state index contributed by atoms with van der Waals surface area (Å²) < 4.78 is 3.09. The van der Waals surface area contributed by atoms with Gasteiger partial charge in [-0.25, -0.2) is 0 Å². The van der Waals surface area contributed by atoms with Gasteiger partial charge in [0.2, 0.25) is 0 Å². The minimum absolute atomic E-state index is 1.14. The van der Waals surface area contributed by atoms with Crippen molar-refractivity contribution in [1.29, 1.82) is 0 Å². The predicted molar refractivity (Wildman–Crippen MR) is 259 cm³/mol. The number of rotatable bonds is 8. The molecular formula is C54H56Ge2N2. The van der Waals surface area contributed by atoms with Crippen LogP contribution in [0.5, 0.6) is 0 Å². The van der Waals surface area contributed by atoms with Crippen LogP contribution in [0, 0.1) is 0 Å². The van der Waals surface area contributed by atoms with Gasteiger partial charge in [0, 0.05) is 0 Å². The van der Waals surface area contributed by atoms with Crippen molar-refractivity contribution in [3.8, 4) is 0 Å². The molecule has 0 saturated carbocycles. The van der Waals surface area contributed by atoms with E-state index in [1.807, 2.05) is 0 Å². The first-order chi connectivity index (χ1) is 28.0. The first kappa shape index (κ1) is 37.7. The molecular weight excluding hydrogens is 822 g/mol. The summed E-state index contributed by atoms with van der Waals surface area (Å²) >= 11 is -3.95. The SMILES string of the molecule is [CH3][Ge]([CH3])([CH3])[c]1ccc(N(c2cc3ccc4cc(N(c5cc[c]([Ge]([CH3])([CH3])[CH3])cc5)c5cccc6c5CCCC6)cc5ccc(c2)c3c45)c2cccc3c2CCCC3)cc1. The van der Waals surface area contributed by atoms with E-state index in [0.717, 1.165) is 12.8 Å². The van der Waals surface area contributed by atoms with Crippen LogP contribution < -0.4 is 18.6 Å². The van der Waals surface area contributed by atoms with Crippen LogP contribution >= 0.6 is 0 Å². The monoisotopic (exact) mass is 880 g/mol. The molecule has 0 radical (unpaired) electrons. The Morgan fingerprint density at radius 3 is 1.05 bits per heavy atom. The summed E-state index contributed by atoms with van der Waals surface area (Å²) in [6.45, 7) is 0. The van der Waals surface area contributed by atoms with E-state index in [9.17, 15) is 0 Å². The molecule has 58 heavy (non-hydrogen) atoms. The summed E-state index contributed by atoms with van der Waals surface area (Å²) in [7, 11) is 0. The Kier molecular flexibility index (Phi) is 9.52. The fourth-order valence-corrected chi connectivity index (χ4v) is 15.0. The van der Waals surface area contributed by atoms with E-state index in [-0.39, 0.29) is 0 Å². The number of aryl methyl sites for hydroxylation is 2. The van der Waals surface area contributed by atoms with Crippen molar-refractivity contribution in [2.24, 2.45) is 0 Å². The third-order valence-corrected chi connectivity index (χ3v) is 21.9. The molecule has 0 fully saturated rings. The summed E-state index contributed by atoms with van der Waals surface area (Å²) in [6, 6.07) is 52.5. The average Bonchev–Trinajstić information content (AvgIpc) is 3.23. The Hall–Kier alpha value is -4.51. The van der Waals surface area contributed by atoms with Crippen LogP contribution in [-0.2, 0) is 25.7 Å². The molecule has 8 aromatic carbocycles. The topological polar surface area (TPSA) is 6.48 Å². The molecule has 2 nitrogen and oxygen atoms in total. The fraction of sp³-hybridized carbons (Fsp3) is 0.259. The Labute approximate surface area is 351 Å². The van der Waals surface area contributed by atoms with Crippen molar-refractivity contribution in [2.45, 2.75) is 85.9 Å². The second-order valence-electron chi connectivity index (χ2n) is 19.2. The van der Waals surface area contributed by atoms with Gasteiger partial charge in [-0.2, -0.15) is 0 Å². The summed E-state index contributed by atoms with van der Waals surface area (Å²) in [5, 5.41) is 7.92. The number of hydrogen-bond donors (Lipinski definition) is 0. The van der Waals surface area contributed by atoms with Crippen LogP contribution in [0.2, 0.25) is 34.5 Å². The van der Waals surface area contributed by atoms with Crippen molar-refractivity contribution in [2.75, 3.05) is 9.80 Å². The molecule has 4 heteroatoms. The molecule has 0 aromatic heterocycles. The second kappa shape index (κ2) is 14.6. The minimum atomic E-state index is -1.98. The quantitative estimate of drug-likeness (QED) is 0.111. The third kappa shape index (κ3) is 6.74. The van der Waals surface area contributed by atoms with Crippen molar-refractivity contribution < 1.29 is 0 Å². The van der Waals surface area contributed by atoms with Gasteiger partial charge in [0.15, 0.2) is 0 Å². The standard InChI is InChI=1S/C54H56Ge2N2/c1-55(2,3)43-25-29-45(30-26-43)57(51-19-11-15-37-13-7-9-17-49(37)51)47-33-39-21-23-41-35-48(36-42-24-22-40(34-47)53(39)54(41)42)58(46-31-27-44(28-32-46)56(4,5)6)52-20-12-16-38-14-8-10-18-50(38)52/h11-12,15-16,19-36H,7-10,13-14,17-18H2,1-6H3. The van der Waals surface area contributed by atoms with E-state index in [1.54, 1.807) is 8.79 Å². The third-order valence-electron chi connectivity index (χ3n) is 13.2. The zero-order valence-corrected chi connectivity index (χ0v) is 39.4. The van der Waals surface area contributed by atoms with Crippen LogP contribution in [-0.4, -0.2) is 26.5 Å². The van der Waals surface area contributed by atoms with Gasteiger partial charge in [-0.1, -0.05) is 0 Å². The van der Waals surface area contributed by atoms with E-state index in [0.29, 0.717) is 0 Å². The van der Waals surface area contributed by atoms with Gasteiger partial charge >= 0.3 is 353 Å². The van der Waals surface area contributed by atoms with Gasteiger partial charge in [0.25, 0.3) is 0 Å². The van der Waals surface area contributed by atoms with E-state index < -0.39 is 26.5 Å². The van der Waals surface area contributed by atoms with Gasteiger partial charge in [0.1, 0.15) is 0 Å². The van der Waals surface area contributed by atoms with Gasteiger partial charge in [0.05, 0.1) is 0 Å². The van der Waals surface area contributed by atoms with Crippen molar-refractivity contribution in [3.63, 3.8) is 0 Å². The maximum atomic E-state index is 2.56. The zero-order chi connectivity index (χ0) is 39.8. The molecule has 0 bridgehead atoms. The average molecular weight is 878 g/mol. The Bertz CT molecular complexity index is 2540. The van der Waals surface area contributed by atoms with Crippen LogP contribution in [0.25, 0.3) is 32.3 Å². The maximum absolute atomic E-state index is 2.56. The molecule has 2 aliphatic rings. The molecule has 2 aliphatic carbocycles. The second-order valence-corrected chi connectivity index (χ2v) is 40.5. The number of fused-ring (bicyclic) bond motifs is 2. The first-order valence-electron chi connectivity index (χ1n) is 21.8. The molecule has 0 unspecified atom stereocenters. The summed E-state index contributed by atoms with van der Waals surface area (Å²) in [5.74, 6) is 14.9. The molecule has 290 valence electrons. The van der Waals surface area contributed by atoms with Crippen LogP contribution in [0.15, 0.2) is 133 Å². The molecule has 0 amide bonds. The number of nitrogens with zero attached hydrogens (tertiary/aromatic N) is 2.